The van der Waals surface area contributed by atoms with Crippen LogP contribution in [0.25, 0.3) is 6.08 Å². The number of Topliss-reactive ketones (excluding diaryl/α,β-unsaturated/α-hetero) is 1. The van der Waals surface area contributed by atoms with Crippen molar-refractivity contribution in [3.8, 4) is 0 Å². The minimum absolute atomic E-state index is 0.0413. The summed E-state index contributed by atoms with van der Waals surface area (Å²) in [5, 5.41) is 2.69. The maximum atomic E-state index is 13.9. The zero-order valence-electron chi connectivity index (χ0n) is 19.0. The minimum atomic E-state index is -0.784. The number of halogens is 1. The van der Waals surface area contributed by atoms with E-state index in [1.807, 2.05) is 27.7 Å². The molecule has 1 aliphatic heterocycles. The number of rotatable bonds is 5. The summed E-state index contributed by atoms with van der Waals surface area (Å²) in [7, 11) is -0.784. The van der Waals surface area contributed by atoms with E-state index in [-0.39, 0.29) is 12.3 Å². The number of amides is 1. The predicted molar refractivity (Wildman–Crippen MR) is 115 cm³/mol. The molecule has 0 unspecified atom stereocenters. The molecule has 0 aliphatic carbocycles. The molecule has 0 saturated carbocycles. The van der Waals surface area contributed by atoms with Crippen LogP contribution in [0.2, 0.25) is 0 Å². The summed E-state index contributed by atoms with van der Waals surface area (Å²) in [6, 6.07) is 3.95. The van der Waals surface area contributed by atoms with Gasteiger partial charge >= 0.3 is 13.2 Å². The molecule has 1 heterocycles. The Balaban J connectivity index is 2.40. The first-order chi connectivity index (χ1) is 13.6. The van der Waals surface area contributed by atoms with E-state index in [1.54, 1.807) is 26.8 Å². The van der Waals surface area contributed by atoms with Crippen molar-refractivity contribution in [1.82, 2.24) is 5.32 Å². The number of hydrogen-bond donors (Lipinski definition) is 1. The number of ketones is 1. The van der Waals surface area contributed by atoms with Crippen LogP contribution in [0.4, 0.5) is 9.18 Å². The summed E-state index contributed by atoms with van der Waals surface area (Å²) < 4.78 is 31.4. The van der Waals surface area contributed by atoms with Gasteiger partial charge in [-0.25, -0.2) is 9.18 Å². The van der Waals surface area contributed by atoms with Gasteiger partial charge < -0.3 is 19.4 Å². The highest BCUT2D eigenvalue weighted by molar-refractivity contribution is 6.56. The molecule has 30 heavy (non-hydrogen) atoms. The number of benzene rings is 1. The molecule has 164 valence electrons. The van der Waals surface area contributed by atoms with Crippen LogP contribution in [0.15, 0.2) is 23.7 Å². The topological polar surface area (TPSA) is 73.9 Å². The highest BCUT2D eigenvalue weighted by Crippen LogP contribution is 2.39. The molecular formula is C22H31BFNO5. The van der Waals surface area contributed by atoms with Gasteiger partial charge in [-0.3, -0.25) is 4.79 Å². The average Bonchev–Trinajstić information content (AvgIpc) is 2.77. The molecule has 0 bridgehead atoms. The molecule has 6 nitrogen and oxygen atoms in total. The second-order valence-corrected chi connectivity index (χ2v) is 9.45. The highest BCUT2D eigenvalue weighted by atomic mass is 19.1. The quantitative estimate of drug-likeness (QED) is 0.559. The summed E-state index contributed by atoms with van der Waals surface area (Å²) >= 11 is 0. The molecule has 1 aromatic rings. The second-order valence-electron chi connectivity index (χ2n) is 9.45. The molecular weight excluding hydrogens is 388 g/mol. The molecule has 1 amide bonds. The molecule has 0 atom stereocenters. The molecule has 0 spiro atoms. The Morgan fingerprint density at radius 3 is 2.23 bits per heavy atom. The lowest BCUT2D eigenvalue weighted by molar-refractivity contribution is 0.00578. The molecule has 0 radical (unpaired) electrons. The molecule has 1 aromatic carbocycles. The molecule has 1 saturated heterocycles. The number of nitrogens with one attached hydrogen (secondary N) is 1. The smallest absolute Gasteiger partial charge is 0.444 e. The Morgan fingerprint density at radius 1 is 1.17 bits per heavy atom. The summed E-state index contributed by atoms with van der Waals surface area (Å²) in [4.78, 5) is 24.2. The van der Waals surface area contributed by atoms with E-state index in [9.17, 15) is 14.0 Å². The van der Waals surface area contributed by atoms with Gasteiger partial charge in [0.05, 0.1) is 11.2 Å². The molecule has 8 heteroatoms. The van der Waals surface area contributed by atoms with Crippen molar-refractivity contribution in [3.63, 3.8) is 0 Å². The Bertz CT molecular complexity index is 842. The van der Waals surface area contributed by atoms with Crippen LogP contribution in [0.3, 0.4) is 0 Å². The zero-order valence-corrected chi connectivity index (χ0v) is 19.0. The van der Waals surface area contributed by atoms with Crippen LogP contribution >= 0.6 is 0 Å². The largest absolute Gasteiger partial charge is 0.492 e. The SMILES string of the molecule is CC(=O)c1ccc(F)cc1C=C(CNC(=O)OC(C)(C)C)B1OC(C)(C)C(C)(C)O1. The summed E-state index contributed by atoms with van der Waals surface area (Å²) in [6.07, 6.45) is 1.02. The van der Waals surface area contributed by atoms with Crippen LogP contribution in [0, 0.1) is 5.82 Å². The van der Waals surface area contributed by atoms with E-state index in [0.717, 1.165) is 0 Å². The van der Waals surface area contributed by atoms with E-state index in [2.05, 4.69) is 5.32 Å². The Kier molecular flexibility index (Phi) is 6.84. The van der Waals surface area contributed by atoms with E-state index >= 15 is 0 Å². The third-order valence-corrected chi connectivity index (χ3v) is 5.13. The van der Waals surface area contributed by atoms with Gasteiger partial charge in [0.1, 0.15) is 11.4 Å². The summed E-state index contributed by atoms with van der Waals surface area (Å²) in [5.41, 5.74) is -0.571. The molecule has 1 fully saturated rings. The zero-order chi connectivity index (χ0) is 22.9. The third kappa shape index (κ3) is 5.92. The number of ether oxygens (including phenoxy) is 1. The van der Waals surface area contributed by atoms with Crippen LogP contribution in [-0.2, 0) is 14.0 Å². The van der Waals surface area contributed by atoms with Gasteiger partial charge in [-0.15, -0.1) is 0 Å². The minimum Gasteiger partial charge on any atom is -0.444 e. The molecule has 2 rings (SSSR count). The van der Waals surface area contributed by atoms with Gasteiger partial charge in [-0.05, 0) is 84.6 Å². The van der Waals surface area contributed by atoms with Gasteiger partial charge in [-0.2, -0.15) is 0 Å². The van der Waals surface area contributed by atoms with E-state index < -0.39 is 35.8 Å². The summed E-state index contributed by atoms with van der Waals surface area (Å²) in [5.74, 6) is -0.672. The van der Waals surface area contributed by atoms with Gasteiger partial charge in [0.2, 0.25) is 0 Å². The van der Waals surface area contributed by atoms with Gasteiger partial charge in [-0.1, -0.05) is 6.08 Å². The standard InChI is InChI=1S/C22H31BFNO5/c1-14(26)18-10-9-17(24)12-15(18)11-16(13-25-19(27)28-20(2,3)4)23-29-21(5,6)22(7,8)30-23/h9-12H,13H2,1-8H3,(H,25,27). The van der Waals surface area contributed by atoms with Crippen LogP contribution in [0.5, 0.6) is 0 Å². The maximum Gasteiger partial charge on any atom is 0.492 e. The maximum absolute atomic E-state index is 13.9. The first kappa shape index (κ1) is 24.1. The Labute approximate surface area is 178 Å². The molecule has 1 aliphatic rings. The third-order valence-electron chi connectivity index (χ3n) is 5.13. The van der Waals surface area contributed by atoms with E-state index in [4.69, 9.17) is 14.0 Å². The monoisotopic (exact) mass is 419 g/mol. The number of alkyl carbamates (subject to hydrolysis) is 1. The van der Waals surface area contributed by atoms with Gasteiger partial charge in [0.15, 0.2) is 5.78 Å². The van der Waals surface area contributed by atoms with E-state index in [0.29, 0.717) is 16.6 Å². The predicted octanol–water partition coefficient (Wildman–Crippen LogP) is 4.57. The first-order valence-corrected chi connectivity index (χ1v) is 9.95. The summed E-state index contributed by atoms with van der Waals surface area (Å²) in [6.45, 7) is 14.4. The van der Waals surface area contributed by atoms with E-state index in [1.165, 1.54) is 25.1 Å². The van der Waals surface area contributed by atoms with Crippen molar-refractivity contribution in [3.05, 3.63) is 40.6 Å². The lowest BCUT2D eigenvalue weighted by Gasteiger charge is -2.32. The fraction of sp³-hybridized carbons (Fsp3) is 0.545. The van der Waals surface area contributed by atoms with Crippen molar-refractivity contribution in [1.29, 1.82) is 0 Å². The Hall–Kier alpha value is -2.19. The number of hydrogen-bond acceptors (Lipinski definition) is 5. The molecule has 1 N–H and O–H groups in total. The Morgan fingerprint density at radius 2 is 1.73 bits per heavy atom. The van der Waals surface area contributed by atoms with Gasteiger partial charge in [0, 0.05) is 12.1 Å². The second kappa shape index (κ2) is 8.51. The first-order valence-electron chi connectivity index (χ1n) is 9.95. The number of carbonyl (C=O) groups is 2. The van der Waals surface area contributed by atoms with Crippen molar-refractivity contribution < 1.29 is 28.0 Å². The van der Waals surface area contributed by atoms with Crippen molar-refractivity contribution in [2.24, 2.45) is 0 Å². The number of carbonyl (C=O) groups excluding carboxylic acids is 2. The van der Waals surface area contributed by atoms with Crippen LogP contribution < -0.4 is 5.32 Å². The fourth-order valence-corrected chi connectivity index (χ4v) is 2.86. The lowest BCUT2D eigenvalue weighted by Crippen LogP contribution is -2.41. The lowest BCUT2D eigenvalue weighted by atomic mass is 9.76. The van der Waals surface area contributed by atoms with Gasteiger partial charge in [0.25, 0.3) is 0 Å². The highest BCUT2D eigenvalue weighted by Gasteiger charge is 2.52. The van der Waals surface area contributed by atoms with Crippen molar-refractivity contribution >= 4 is 25.1 Å². The normalized spacial score (nSPS) is 18.3. The molecule has 0 aromatic heterocycles. The van der Waals surface area contributed by atoms with Crippen LogP contribution in [-0.4, -0.2) is 42.3 Å². The van der Waals surface area contributed by atoms with Crippen molar-refractivity contribution in [2.75, 3.05) is 6.54 Å². The fourth-order valence-electron chi connectivity index (χ4n) is 2.86. The average molecular weight is 419 g/mol. The van der Waals surface area contributed by atoms with Crippen LogP contribution in [0.1, 0.15) is 71.3 Å². The van der Waals surface area contributed by atoms with Crippen molar-refractivity contribution in [2.45, 2.75) is 72.2 Å².